The second-order valence-corrected chi connectivity index (χ2v) is 9.40. The summed E-state index contributed by atoms with van der Waals surface area (Å²) in [6, 6.07) is 5.21. The summed E-state index contributed by atoms with van der Waals surface area (Å²) in [5.74, 6) is -4.16. The number of pyridine rings is 1. The summed E-state index contributed by atoms with van der Waals surface area (Å²) in [7, 11) is 0. The molecule has 0 saturated carbocycles. The Morgan fingerprint density at radius 2 is 1.86 bits per heavy atom. The van der Waals surface area contributed by atoms with Crippen molar-refractivity contribution in [1.82, 2.24) is 14.1 Å². The molecule has 0 amide bonds. The lowest BCUT2D eigenvalue weighted by Crippen LogP contribution is -2.59. The minimum absolute atomic E-state index is 0.0141. The molecular formula is C25H22F3N5O3. The van der Waals surface area contributed by atoms with Gasteiger partial charge in [0.25, 0.3) is 5.56 Å². The zero-order valence-electron chi connectivity index (χ0n) is 19.4. The van der Waals surface area contributed by atoms with Gasteiger partial charge < -0.3 is 9.64 Å². The highest BCUT2D eigenvalue weighted by Crippen LogP contribution is 2.41. The second-order valence-electron chi connectivity index (χ2n) is 9.40. The highest BCUT2D eigenvalue weighted by Gasteiger charge is 2.47. The van der Waals surface area contributed by atoms with Crippen LogP contribution in [0.5, 0.6) is 0 Å². The molecule has 2 saturated heterocycles. The molecule has 5 rings (SSSR count). The third-order valence-corrected chi connectivity index (χ3v) is 6.72. The first kappa shape index (κ1) is 23.8. The molecule has 2 aliphatic heterocycles. The molecule has 1 spiro atoms. The number of benzene rings is 1. The topological polar surface area (TPSA) is 93.2 Å². The first-order valence-electron chi connectivity index (χ1n) is 11.4. The molecule has 0 aliphatic carbocycles. The summed E-state index contributed by atoms with van der Waals surface area (Å²) < 4.78 is 49.2. The number of anilines is 1. The lowest BCUT2D eigenvalue weighted by Gasteiger charge is -2.49. The van der Waals surface area contributed by atoms with E-state index in [1.807, 2.05) is 11.0 Å². The van der Waals surface area contributed by atoms with Gasteiger partial charge in [0.1, 0.15) is 12.4 Å². The molecule has 36 heavy (non-hydrogen) atoms. The summed E-state index contributed by atoms with van der Waals surface area (Å²) in [6.45, 7) is 3.53. The molecule has 3 aromatic rings. The van der Waals surface area contributed by atoms with Gasteiger partial charge in [-0.2, -0.15) is 5.26 Å². The van der Waals surface area contributed by atoms with Gasteiger partial charge in [0.15, 0.2) is 17.5 Å². The van der Waals surface area contributed by atoms with Crippen molar-refractivity contribution < 1.29 is 17.9 Å². The summed E-state index contributed by atoms with van der Waals surface area (Å²) in [6.07, 6.45) is 3.45. The van der Waals surface area contributed by atoms with Crippen molar-refractivity contribution in [3.63, 3.8) is 0 Å². The van der Waals surface area contributed by atoms with E-state index in [0.717, 1.165) is 23.1 Å². The Bertz CT molecular complexity index is 1490. The third-order valence-electron chi connectivity index (χ3n) is 6.72. The minimum Gasteiger partial charge on any atom is -0.381 e. The van der Waals surface area contributed by atoms with Crippen LogP contribution in [0.2, 0.25) is 0 Å². The average Bonchev–Trinajstić information content (AvgIpc) is 3.31. The van der Waals surface area contributed by atoms with Crippen LogP contribution in [0.1, 0.15) is 23.1 Å². The zero-order valence-corrected chi connectivity index (χ0v) is 19.4. The van der Waals surface area contributed by atoms with Crippen LogP contribution >= 0.6 is 0 Å². The molecule has 4 heterocycles. The lowest BCUT2D eigenvalue weighted by molar-refractivity contribution is 0.130. The smallest absolute Gasteiger partial charge is 0.338 e. The summed E-state index contributed by atoms with van der Waals surface area (Å²) in [5, 5.41) is 9.52. The van der Waals surface area contributed by atoms with Gasteiger partial charge in [0.2, 0.25) is 0 Å². The summed E-state index contributed by atoms with van der Waals surface area (Å²) in [4.78, 5) is 33.2. The Labute approximate surface area is 203 Å². The van der Waals surface area contributed by atoms with Crippen LogP contribution in [0.4, 0.5) is 19.0 Å². The van der Waals surface area contributed by atoms with E-state index in [-0.39, 0.29) is 41.0 Å². The van der Waals surface area contributed by atoms with Crippen LogP contribution in [-0.4, -0.2) is 40.4 Å². The fraction of sp³-hybridized carbons (Fsp3) is 0.360. The molecule has 11 heteroatoms. The first-order chi connectivity index (χ1) is 17.2. The van der Waals surface area contributed by atoms with Gasteiger partial charge in [-0.25, -0.2) is 22.5 Å². The van der Waals surface area contributed by atoms with E-state index in [1.165, 1.54) is 10.8 Å². The molecule has 2 aromatic heterocycles. The summed E-state index contributed by atoms with van der Waals surface area (Å²) in [5.41, 5.74) is -0.576. The van der Waals surface area contributed by atoms with Gasteiger partial charge in [-0.15, -0.1) is 0 Å². The number of hydrogen-bond donors (Lipinski definition) is 0. The Kier molecular flexibility index (Phi) is 5.92. The molecule has 0 unspecified atom stereocenters. The number of nitriles is 1. The highest BCUT2D eigenvalue weighted by molar-refractivity contribution is 5.54. The van der Waals surface area contributed by atoms with Crippen molar-refractivity contribution in [3.8, 4) is 11.8 Å². The quantitative estimate of drug-likeness (QED) is 0.503. The van der Waals surface area contributed by atoms with E-state index in [4.69, 9.17) is 4.74 Å². The normalized spacial score (nSPS) is 16.2. The highest BCUT2D eigenvalue weighted by atomic mass is 19.2. The number of rotatable bonds is 5. The zero-order chi connectivity index (χ0) is 25.6. The van der Waals surface area contributed by atoms with Crippen molar-refractivity contribution in [2.24, 2.45) is 5.41 Å². The molecule has 0 N–H and O–H groups in total. The van der Waals surface area contributed by atoms with Gasteiger partial charge in [-0.1, -0.05) is 0 Å². The Morgan fingerprint density at radius 3 is 2.47 bits per heavy atom. The molecule has 2 fully saturated rings. The van der Waals surface area contributed by atoms with Crippen molar-refractivity contribution in [2.75, 3.05) is 31.2 Å². The average molecular weight is 497 g/mol. The van der Waals surface area contributed by atoms with Crippen LogP contribution in [0, 0.1) is 41.1 Å². The van der Waals surface area contributed by atoms with Crippen LogP contribution in [0.3, 0.4) is 0 Å². The van der Waals surface area contributed by atoms with Gasteiger partial charge in [0, 0.05) is 37.7 Å². The standard InChI is InChI=1S/C25H22F3N5O3/c1-15-6-17(11-30-10-15)33-23(34)18(7-16-8-19(26)21(28)20(27)9-16)22(32(4-3-29)24(33)35)31-12-25(13-31)2-5-36-14-25/h6,8-11H,2,4-5,7,12-14H2,1H3. The molecule has 8 nitrogen and oxygen atoms in total. The van der Waals surface area contributed by atoms with Crippen LogP contribution < -0.4 is 16.1 Å². The molecular weight excluding hydrogens is 475 g/mol. The Morgan fingerprint density at radius 1 is 1.14 bits per heavy atom. The van der Waals surface area contributed by atoms with Crippen LogP contribution in [0.25, 0.3) is 5.69 Å². The molecule has 0 bridgehead atoms. The number of hydrogen-bond acceptors (Lipinski definition) is 6. The van der Waals surface area contributed by atoms with E-state index in [0.29, 0.717) is 31.9 Å². The Balaban J connectivity index is 1.73. The van der Waals surface area contributed by atoms with E-state index in [2.05, 4.69) is 4.98 Å². The Hall–Kier alpha value is -3.91. The lowest BCUT2D eigenvalue weighted by atomic mass is 9.79. The molecule has 1 aromatic carbocycles. The van der Waals surface area contributed by atoms with Gasteiger partial charge in [-0.3, -0.25) is 14.3 Å². The van der Waals surface area contributed by atoms with Gasteiger partial charge in [0.05, 0.1) is 30.1 Å². The molecule has 2 aliphatic rings. The van der Waals surface area contributed by atoms with E-state index < -0.39 is 28.7 Å². The summed E-state index contributed by atoms with van der Waals surface area (Å²) >= 11 is 0. The molecule has 0 atom stereocenters. The van der Waals surface area contributed by atoms with Crippen molar-refractivity contribution in [2.45, 2.75) is 26.3 Å². The maximum absolute atomic E-state index is 14.0. The predicted molar refractivity (Wildman–Crippen MR) is 124 cm³/mol. The predicted octanol–water partition coefficient (Wildman–Crippen LogP) is 2.46. The maximum atomic E-state index is 14.0. The number of nitrogens with zero attached hydrogens (tertiary/aromatic N) is 5. The van der Waals surface area contributed by atoms with Crippen molar-refractivity contribution in [3.05, 3.63) is 85.6 Å². The van der Waals surface area contributed by atoms with Crippen molar-refractivity contribution in [1.29, 1.82) is 5.26 Å². The fourth-order valence-electron chi connectivity index (χ4n) is 5.04. The second kappa shape index (κ2) is 8.95. The number of aryl methyl sites for hydroxylation is 1. The van der Waals surface area contributed by atoms with Crippen LogP contribution in [0.15, 0.2) is 40.2 Å². The largest absolute Gasteiger partial charge is 0.381 e. The minimum atomic E-state index is -1.61. The number of aromatic nitrogens is 3. The van der Waals surface area contributed by atoms with E-state index in [9.17, 15) is 28.0 Å². The van der Waals surface area contributed by atoms with Gasteiger partial charge >= 0.3 is 5.69 Å². The number of ether oxygens (including phenoxy) is 1. The monoisotopic (exact) mass is 497 g/mol. The van der Waals surface area contributed by atoms with Crippen molar-refractivity contribution >= 4 is 5.82 Å². The fourth-order valence-corrected chi connectivity index (χ4v) is 5.04. The van der Waals surface area contributed by atoms with Gasteiger partial charge in [-0.05, 0) is 42.7 Å². The maximum Gasteiger partial charge on any atom is 0.338 e. The van der Waals surface area contributed by atoms with E-state index >= 15 is 0 Å². The third kappa shape index (κ3) is 3.97. The number of halogens is 3. The van der Waals surface area contributed by atoms with Crippen LogP contribution in [-0.2, 0) is 17.7 Å². The SMILES string of the molecule is Cc1cncc(-n2c(=O)c(Cc3cc(F)c(F)c(F)c3)c(N3CC4(CCOC4)C3)n(CC#N)c2=O)c1. The molecule has 186 valence electrons. The van der Waals surface area contributed by atoms with E-state index in [1.54, 1.807) is 19.2 Å². The first-order valence-corrected chi connectivity index (χ1v) is 11.4. The molecule has 0 radical (unpaired) electrons.